The van der Waals surface area contributed by atoms with Crippen molar-refractivity contribution in [2.75, 3.05) is 13.7 Å². The van der Waals surface area contributed by atoms with E-state index in [1.165, 1.54) is 5.56 Å². The first-order valence-electron chi connectivity index (χ1n) is 11.9. The van der Waals surface area contributed by atoms with E-state index in [1.807, 2.05) is 24.3 Å². The summed E-state index contributed by atoms with van der Waals surface area (Å²) in [6.07, 6.45) is 4.70. The van der Waals surface area contributed by atoms with Gasteiger partial charge in [0, 0.05) is 5.92 Å². The van der Waals surface area contributed by atoms with Crippen molar-refractivity contribution in [2.24, 2.45) is 17.6 Å². The van der Waals surface area contributed by atoms with Crippen molar-refractivity contribution in [3.8, 4) is 16.9 Å². The van der Waals surface area contributed by atoms with Gasteiger partial charge in [0.1, 0.15) is 5.75 Å². The molecule has 3 N–H and O–H groups in total. The normalized spacial score (nSPS) is 19.0. The second-order valence-electron chi connectivity index (χ2n) is 9.06. The highest BCUT2D eigenvalue weighted by atomic mass is 16.5. The minimum Gasteiger partial charge on any atom is -0.497 e. The lowest BCUT2D eigenvalue weighted by molar-refractivity contribution is -0.127. The van der Waals surface area contributed by atoms with E-state index in [9.17, 15) is 4.79 Å². The van der Waals surface area contributed by atoms with Crippen molar-refractivity contribution in [3.63, 3.8) is 0 Å². The summed E-state index contributed by atoms with van der Waals surface area (Å²) < 4.78 is 5.40. The molecule has 3 aromatic carbocycles. The van der Waals surface area contributed by atoms with Gasteiger partial charge in [-0.3, -0.25) is 4.79 Å². The maximum Gasteiger partial charge on any atom is 0.223 e. The van der Waals surface area contributed by atoms with Crippen LogP contribution in [-0.4, -0.2) is 19.6 Å². The summed E-state index contributed by atoms with van der Waals surface area (Å²) in [7, 11) is 1.68. The van der Waals surface area contributed by atoms with E-state index >= 15 is 0 Å². The zero-order valence-electron chi connectivity index (χ0n) is 19.4. The molecule has 4 nitrogen and oxygen atoms in total. The molecule has 1 fully saturated rings. The lowest BCUT2D eigenvalue weighted by Crippen LogP contribution is -2.37. The van der Waals surface area contributed by atoms with Crippen LogP contribution in [0.4, 0.5) is 0 Å². The van der Waals surface area contributed by atoms with Crippen LogP contribution >= 0.6 is 0 Å². The van der Waals surface area contributed by atoms with Crippen molar-refractivity contribution < 1.29 is 9.53 Å². The molecule has 0 aromatic heterocycles. The summed E-state index contributed by atoms with van der Waals surface area (Å²) in [6, 6.07) is 26.8. The average molecular weight is 443 g/mol. The molecule has 0 saturated heterocycles. The first-order valence-corrected chi connectivity index (χ1v) is 11.9. The predicted octanol–water partition coefficient (Wildman–Crippen LogP) is 5.53. The molecule has 0 aliphatic heterocycles. The topological polar surface area (TPSA) is 64.3 Å². The van der Waals surface area contributed by atoms with E-state index in [1.54, 1.807) is 7.11 Å². The van der Waals surface area contributed by atoms with Gasteiger partial charge in [-0.15, -0.1) is 0 Å². The van der Waals surface area contributed by atoms with Gasteiger partial charge in [-0.2, -0.15) is 0 Å². The van der Waals surface area contributed by atoms with E-state index in [0.29, 0.717) is 5.92 Å². The first-order chi connectivity index (χ1) is 16.2. The number of ether oxygens (including phenoxy) is 1. The highest BCUT2D eigenvalue weighted by Gasteiger charge is 2.27. The second-order valence-corrected chi connectivity index (χ2v) is 9.06. The number of hydrogen-bond donors (Lipinski definition) is 2. The monoisotopic (exact) mass is 442 g/mol. The zero-order valence-corrected chi connectivity index (χ0v) is 19.4. The van der Waals surface area contributed by atoms with Gasteiger partial charge in [0.25, 0.3) is 0 Å². The SMILES string of the molecule is COc1cccc(-c2cccc(C(Cc3ccccc3)NC(=O)C3CCC(CN)CC3)c2)c1. The maximum absolute atomic E-state index is 13.2. The van der Waals surface area contributed by atoms with E-state index in [-0.39, 0.29) is 17.9 Å². The van der Waals surface area contributed by atoms with Crippen LogP contribution in [0.5, 0.6) is 5.75 Å². The maximum atomic E-state index is 13.2. The quantitative estimate of drug-likeness (QED) is 0.482. The molecule has 4 heteroatoms. The van der Waals surface area contributed by atoms with Gasteiger partial charge in [0.05, 0.1) is 13.2 Å². The Morgan fingerprint density at radius 3 is 2.33 bits per heavy atom. The Bertz CT molecular complexity index is 1040. The fourth-order valence-corrected chi connectivity index (χ4v) is 4.79. The van der Waals surface area contributed by atoms with Gasteiger partial charge in [-0.05, 0) is 85.0 Å². The Balaban J connectivity index is 1.57. The highest BCUT2D eigenvalue weighted by molar-refractivity contribution is 5.79. The molecule has 0 spiro atoms. The van der Waals surface area contributed by atoms with Gasteiger partial charge in [0.2, 0.25) is 5.91 Å². The molecule has 4 rings (SSSR count). The third-order valence-corrected chi connectivity index (χ3v) is 6.84. The van der Waals surface area contributed by atoms with Gasteiger partial charge in [0.15, 0.2) is 0 Å². The third-order valence-electron chi connectivity index (χ3n) is 6.84. The van der Waals surface area contributed by atoms with Crippen molar-refractivity contribution >= 4 is 5.91 Å². The van der Waals surface area contributed by atoms with E-state index in [2.05, 4.69) is 59.9 Å². The predicted molar refractivity (Wildman–Crippen MR) is 134 cm³/mol. The minimum absolute atomic E-state index is 0.0765. The number of hydrogen-bond acceptors (Lipinski definition) is 3. The molecule has 1 amide bonds. The van der Waals surface area contributed by atoms with Crippen LogP contribution in [0.3, 0.4) is 0 Å². The highest BCUT2D eigenvalue weighted by Crippen LogP contribution is 2.31. The fraction of sp³-hybridized carbons (Fsp3) is 0.345. The Labute approximate surface area is 197 Å². The average Bonchev–Trinajstić information content (AvgIpc) is 2.89. The number of nitrogens with two attached hydrogens (primary N) is 1. The standard InChI is InChI=1S/C29H34N2O2/c1-33-27-12-6-10-25(19-27)24-9-5-11-26(18-24)28(17-21-7-3-2-4-8-21)31-29(32)23-15-13-22(20-30)14-16-23/h2-12,18-19,22-23,28H,13-17,20,30H2,1H3,(H,31,32). The number of carbonyl (C=O) groups is 1. The van der Waals surface area contributed by atoms with Crippen LogP contribution in [0.2, 0.25) is 0 Å². The number of methoxy groups -OCH3 is 1. The smallest absolute Gasteiger partial charge is 0.223 e. The summed E-state index contributed by atoms with van der Waals surface area (Å²) in [5, 5.41) is 3.39. The van der Waals surface area contributed by atoms with Gasteiger partial charge in [-0.1, -0.05) is 60.7 Å². The first kappa shape index (κ1) is 23.1. The van der Waals surface area contributed by atoms with Crippen LogP contribution in [0.1, 0.15) is 42.9 Å². The molecule has 0 radical (unpaired) electrons. The number of carbonyl (C=O) groups excluding carboxylic acids is 1. The number of nitrogens with one attached hydrogen (secondary N) is 1. The summed E-state index contributed by atoms with van der Waals surface area (Å²) in [5.41, 5.74) is 10.4. The number of rotatable bonds is 8. The zero-order chi connectivity index (χ0) is 23.0. The van der Waals surface area contributed by atoms with Gasteiger partial charge >= 0.3 is 0 Å². The van der Waals surface area contributed by atoms with Gasteiger partial charge in [-0.25, -0.2) is 0 Å². The van der Waals surface area contributed by atoms with Crippen LogP contribution < -0.4 is 15.8 Å². The Hall–Kier alpha value is -3.11. The van der Waals surface area contributed by atoms with Crippen molar-refractivity contribution in [2.45, 2.75) is 38.1 Å². The van der Waals surface area contributed by atoms with Crippen molar-refractivity contribution in [1.82, 2.24) is 5.32 Å². The van der Waals surface area contributed by atoms with Crippen LogP contribution in [-0.2, 0) is 11.2 Å². The summed E-state index contributed by atoms with van der Waals surface area (Å²) in [5.74, 6) is 1.64. The van der Waals surface area contributed by atoms with E-state index in [0.717, 1.165) is 61.1 Å². The number of amides is 1. The molecule has 172 valence electrons. The lowest BCUT2D eigenvalue weighted by Gasteiger charge is -2.29. The molecule has 1 aliphatic rings. The lowest BCUT2D eigenvalue weighted by atomic mass is 9.81. The van der Waals surface area contributed by atoms with E-state index in [4.69, 9.17) is 10.5 Å². The number of benzene rings is 3. The van der Waals surface area contributed by atoms with Crippen LogP contribution in [0.15, 0.2) is 78.9 Å². The van der Waals surface area contributed by atoms with E-state index < -0.39 is 0 Å². The fourth-order valence-electron chi connectivity index (χ4n) is 4.79. The molecule has 1 unspecified atom stereocenters. The molecule has 0 heterocycles. The van der Waals surface area contributed by atoms with Crippen molar-refractivity contribution in [3.05, 3.63) is 90.0 Å². The molecule has 1 aliphatic carbocycles. The summed E-state index contributed by atoms with van der Waals surface area (Å²) >= 11 is 0. The van der Waals surface area contributed by atoms with Crippen LogP contribution in [0.25, 0.3) is 11.1 Å². The molecule has 0 bridgehead atoms. The van der Waals surface area contributed by atoms with Crippen molar-refractivity contribution in [1.29, 1.82) is 0 Å². The van der Waals surface area contributed by atoms with Gasteiger partial charge < -0.3 is 15.8 Å². The van der Waals surface area contributed by atoms with Crippen LogP contribution in [0, 0.1) is 11.8 Å². The molecular formula is C29H34N2O2. The molecule has 1 saturated carbocycles. The largest absolute Gasteiger partial charge is 0.497 e. The third kappa shape index (κ3) is 6.02. The summed E-state index contributed by atoms with van der Waals surface area (Å²) in [6.45, 7) is 0.724. The molecule has 3 aromatic rings. The molecular weight excluding hydrogens is 408 g/mol. The Kier molecular flexibility index (Phi) is 7.79. The Morgan fingerprint density at radius 2 is 1.64 bits per heavy atom. The minimum atomic E-state index is -0.0855. The second kappa shape index (κ2) is 11.2. The Morgan fingerprint density at radius 1 is 0.939 bits per heavy atom. The molecule has 1 atom stereocenters. The summed E-state index contributed by atoms with van der Waals surface area (Å²) in [4.78, 5) is 13.2. The molecule has 33 heavy (non-hydrogen) atoms.